The van der Waals surface area contributed by atoms with Gasteiger partial charge in [0.15, 0.2) is 5.96 Å². The molecule has 2 rings (SSSR count). The number of piperidine rings is 1. The van der Waals surface area contributed by atoms with Crippen molar-refractivity contribution >= 4 is 11.9 Å². The van der Waals surface area contributed by atoms with Crippen molar-refractivity contribution in [2.75, 3.05) is 33.2 Å². The van der Waals surface area contributed by atoms with E-state index in [0.29, 0.717) is 18.9 Å². The second kappa shape index (κ2) is 10.2. The SMILES string of the molecule is CCNC(=NCCC(=O)N1CCCC(C)C1)N(C)Cc1ccccc1C. The third kappa shape index (κ3) is 6.04. The van der Waals surface area contributed by atoms with Crippen LogP contribution in [0, 0.1) is 12.8 Å². The van der Waals surface area contributed by atoms with Crippen LogP contribution in [0.4, 0.5) is 0 Å². The summed E-state index contributed by atoms with van der Waals surface area (Å²) in [7, 11) is 2.04. The molecular formula is C21H34N4O. The van der Waals surface area contributed by atoms with Crippen molar-refractivity contribution in [1.82, 2.24) is 15.1 Å². The molecule has 144 valence electrons. The average Bonchev–Trinajstić information content (AvgIpc) is 2.62. The minimum atomic E-state index is 0.234. The highest BCUT2D eigenvalue weighted by molar-refractivity contribution is 5.81. The normalized spacial score (nSPS) is 17.9. The van der Waals surface area contributed by atoms with Gasteiger partial charge in [-0.15, -0.1) is 0 Å². The molecule has 0 spiro atoms. The molecule has 1 saturated heterocycles. The molecule has 5 nitrogen and oxygen atoms in total. The van der Waals surface area contributed by atoms with Gasteiger partial charge in [-0.3, -0.25) is 9.79 Å². The van der Waals surface area contributed by atoms with Gasteiger partial charge in [-0.1, -0.05) is 31.2 Å². The Hall–Kier alpha value is -2.04. The first-order chi connectivity index (χ1) is 12.5. The fraction of sp³-hybridized carbons (Fsp3) is 0.619. The molecule has 1 heterocycles. The molecule has 0 bridgehead atoms. The molecule has 1 fully saturated rings. The zero-order chi connectivity index (χ0) is 18.9. The second-order valence-electron chi connectivity index (χ2n) is 7.36. The van der Waals surface area contributed by atoms with Crippen LogP contribution in [0.1, 0.15) is 44.2 Å². The van der Waals surface area contributed by atoms with Crippen LogP contribution in [-0.4, -0.2) is 54.9 Å². The number of rotatable bonds is 6. The molecule has 1 aliphatic heterocycles. The predicted molar refractivity (Wildman–Crippen MR) is 108 cm³/mol. The maximum absolute atomic E-state index is 12.4. The smallest absolute Gasteiger partial charge is 0.224 e. The lowest BCUT2D eigenvalue weighted by Crippen LogP contribution is -2.40. The highest BCUT2D eigenvalue weighted by Gasteiger charge is 2.20. The number of carbonyl (C=O) groups excluding carboxylic acids is 1. The van der Waals surface area contributed by atoms with Gasteiger partial charge < -0.3 is 15.1 Å². The van der Waals surface area contributed by atoms with Crippen molar-refractivity contribution in [2.45, 2.75) is 46.6 Å². The van der Waals surface area contributed by atoms with E-state index in [1.165, 1.54) is 17.5 Å². The number of hydrogen-bond donors (Lipinski definition) is 1. The van der Waals surface area contributed by atoms with E-state index in [-0.39, 0.29) is 5.91 Å². The van der Waals surface area contributed by atoms with Crippen LogP contribution in [0.25, 0.3) is 0 Å². The first-order valence-electron chi connectivity index (χ1n) is 9.83. The Morgan fingerprint density at radius 3 is 2.85 bits per heavy atom. The lowest BCUT2D eigenvalue weighted by Gasteiger charge is -2.31. The minimum Gasteiger partial charge on any atom is -0.357 e. The van der Waals surface area contributed by atoms with Gasteiger partial charge in [0, 0.05) is 39.6 Å². The fourth-order valence-corrected chi connectivity index (χ4v) is 3.42. The third-order valence-electron chi connectivity index (χ3n) is 4.96. The minimum absolute atomic E-state index is 0.234. The van der Waals surface area contributed by atoms with Crippen molar-refractivity contribution in [3.8, 4) is 0 Å². The number of aryl methyl sites for hydroxylation is 1. The number of hydrogen-bond acceptors (Lipinski definition) is 2. The first kappa shape index (κ1) is 20.3. The van der Waals surface area contributed by atoms with Crippen LogP contribution in [0.2, 0.25) is 0 Å². The van der Waals surface area contributed by atoms with Gasteiger partial charge in [0.05, 0.1) is 6.54 Å². The number of nitrogens with one attached hydrogen (secondary N) is 1. The Kier molecular flexibility index (Phi) is 7.95. The summed E-state index contributed by atoms with van der Waals surface area (Å²) in [6, 6.07) is 8.41. The molecule has 26 heavy (non-hydrogen) atoms. The topological polar surface area (TPSA) is 47.9 Å². The molecule has 5 heteroatoms. The molecular weight excluding hydrogens is 324 g/mol. The quantitative estimate of drug-likeness (QED) is 0.628. The van der Waals surface area contributed by atoms with Crippen molar-refractivity contribution in [2.24, 2.45) is 10.9 Å². The number of likely N-dealkylation sites (tertiary alicyclic amines) is 1. The van der Waals surface area contributed by atoms with E-state index < -0.39 is 0 Å². The summed E-state index contributed by atoms with van der Waals surface area (Å²) in [5.41, 5.74) is 2.57. The van der Waals surface area contributed by atoms with E-state index in [9.17, 15) is 4.79 Å². The average molecular weight is 359 g/mol. The zero-order valence-electron chi connectivity index (χ0n) is 16.8. The number of aliphatic imine (C=N–C) groups is 1. The number of nitrogens with zero attached hydrogens (tertiary/aromatic N) is 3. The summed E-state index contributed by atoms with van der Waals surface area (Å²) in [6.45, 7) is 10.4. The van der Waals surface area contributed by atoms with Crippen molar-refractivity contribution < 1.29 is 4.79 Å². The third-order valence-corrected chi connectivity index (χ3v) is 4.96. The van der Waals surface area contributed by atoms with Crippen LogP contribution in [0.5, 0.6) is 0 Å². The van der Waals surface area contributed by atoms with Gasteiger partial charge >= 0.3 is 0 Å². The molecule has 0 aliphatic carbocycles. The Balaban J connectivity index is 1.91. The van der Waals surface area contributed by atoms with Crippen LogP contribution in [0.15, 0.2) is 29.3 Å². The van der Waals surface area contributed by atoms with Crippen molar-refractivity contribution in [1.29, 1.82) is 0 Å². The summed E-state index contributed by atoms with van der Waals surface area (Å²) >= 11 is 0. The van der Waals surface area contributed by atoms with E-state index in [4.69, 9.17) is 0 Å². The van der Waals surface area contributed by atoms with Gasteiger partial charge in [0.25, 0.3) is 0 Å². The Labute approximate surface area is 158 Å². The van der Waals surface area contributed by atoms with Gasteiger partial charge in [-0.05, 0) is 43.7 Å². The first-order valence-corrected chi connectivity index (χ1v) is 9.83. The van der Waals surface area contributed by atoms with E-state index in [0.717, 1.165) is 38.6 Å². The largest absolute Gasteiger partial charge is 0.357 e. The van der Waals surface area contributed by atoms with Gasteiger partial charge in [0.2, 0.25) is 5.91 Å². The number of benzene rings is 1. The van der Waals surface area contributed by atoms with E-state index in [1.54, 1.807) is 0 Å². The summed E-state index contributed by atoms with van der Waals surface area (Å²) in [4.78, 5) is 21.2. The summed E-state index contributed by atoms with van der Waals surface area (Å²) < 4.78 is 0. The van der Waals surface area contributed by atoms with Crippen LogP contribution >= 0.6 is 0 Å². The van der Waals surface area contributed by atoms with Crippen LogP contribution in [-0.2, 0) is 11.3 Å². The molecule has 0 saturated carbocycles. The monoisotopic (exact) mass is 358 g/mol. The second-order valence-corrected chi connectivity index (χ2v) is 7.36. The predicted octanol–water partition coefficient (Wildman–Crippen LogP) is 3.04. The molecule has 1 atom stereocenters. The lowest BCUT2D eigenvalue weighted by molar-refractivity contribution is -0.132. The molecule has 1 N–H and O–H groups in total. The highest BCUT2D eigenvalue weighted by Crippen LogP contribution is 2.16. The maximum atomic E-state index is 12.4. The number of amides is 1. The van der Waals surface area contributed by atoms with Crippen LogP contribution < -0.4 is 5.32 Å². The molecule has 1 amide bonds. The zero-order valence-corrected chi connectivity index (χ0v) is 16.8. The van der Waals surface area contributed by atoms with Crippen molar-refractivity contribution in [3.63, 3.8) is 0 Å². The van der Waals surface area contributed by atoms with Crippen molar-refractivity contribution in [3.05, 3.63) is 35.4 Å². The van der Waals surface area contributed by atoms with Crippen LogP contribution in [0.3, 0.4) is 0 Å². The standard InChI is InChI=1S/C21H34N4O/c1-5-22-21(24(4)16-19-11-7-6-10-18(19)3)23-13-12-20(26)25-14-8-9-17(2)15-25/h6-7,10-11,17H,5,8-9,12-16H2,1-4H3,(H,22,23). The molecule has 1 aliphatic rings. The van der Waals surface area contributed by atoms with Gasteiger partial charge in [0.1, 0.15) is 0 Å². The molecule has 0 radical (unpaired) electrons. The highest BCUT2D eigenvalue weighted by atomic mass is 16.2. The lowest BCUT2D eigenvalue weighted by atomic mass is 10.00. The summed E-state index contributed by atoms with van der Waals surface area (Å²) in [5, 5.41) is 3.33. The van der Waals surface area contributed by atoms with E-state index in [2.05, 4.69) is 60.2 Å². The van der Waals surface area contributed by atoms with Gasteiger partial charge in [-0.2, -0.15) is 0 Å². The fourth-order valence-electron chi connectivity index (χ4n) is 3.42. The summed E-state index contributed by atoms with van der Waals surface area (Å²) in [6.07, 6.45) is 2.84. The number of guanidine groups is 1. The Morgan fingerprint density at radius 1 is 1.38 bits per heavy atom. The summed E-state index contributed by atoms with van der Waals surface area (Å²) in [5.74, 6) is 1.71. The maximum Gasteiger partial charge on any atom is 0.224 e. The molecule has 1 unspecified atom stereocenters. The Bertz CT molecular complexity index is 614. The van der Waals surface area contributed by atoms with Gasteiger partial charge in [-0.25, -0.2) is 0 Å². The Morgan fingerprint density at radius 2 is 2.15 bits per heavy atom. The molecule has 1 aromatic rings. The molecule has 0 aromatic heterocycles. The van der Waals surface area contributed by atoms with E-state index in [1.807, 2.05) is 11.9 Å². The number of carbonyl (C=O) groups is 1. The molecule has 1 aromatic carbocycles. The van der Waals surface area contributed by atoms with E-state index >= 15 is 0 Å².